The minimum atomic E-state index is -0.0781. The largest absolute Gasteiger partial charge is 0.465 e. The van der Waals surface area contributed by atoms with Gasteiger partial charge >= 0.3 is 5.97 Å². The first-order valence-corrected chi connectivity index (χ1v) is 8.94. The molecule has 0 saturated heterocycles. The Morgan fingerprint density at radius 1 is 1.30 bits per heavy atom. The minimum Gasteiger partial charge on any atom is -0.465 e. The third-order valence-corrected chi connectivity index (χ3v) is 5.55. The molecular formula is C16H31NO2S. The van der Waals surface area contributed by atoms with Crippen LogP contribution >= 0.6 is 11.8 Å². The van der Waals surface area contributed by atoms with E-state index in [9.17, 15) is 4.79 Å². The molecular weight excluding hydrogens is 270 g/mol. The summed E-state index contributed by atoms with van der Waals surface area (Å²) in [7, 11) is 0. The Kier molecular flexibility index (Phi) is 7.38. The average Bonchev–Trinajstić information content (AvgIpc) is 2.37. The highest BCUT2D eigenvalue weighted by Gasteiger charge is 2.36. The fraction of sp³-hybridized carbons (Fsp3) is 0.938. The van der Waals surface area contributed by atoms with E-state index in [1.807, 2.05) is 6.92 Å². The van der Waals surface area contributed by atoms with E-state index >= 15 is 0 Å². The molecule has 1 aliphatic carbocycles. The summed E-state index contributed by atoms with van der Waals surface area (Å²) in [5.41, 5.74) is 0.361. The second-order valence-corrected chi connectivity index (χ2v) is 7.92. The van der Waals surface area contributed by atoms with Crippen molar-refractivity contribution in [3.05, 3.63) is 0 Å². The molecule has 1 rings (SSSR count). The summed E-state index contributed by atoms with van der Waals surface area (Å²) in [6, 6.07) is 0.540. The summed E-state index contributed by atoms with van der Waals surface area (Å²) in [6.07, 6.45) is 3.71. The molecule has 3 unspecified atom stereocenters. The van der Waals surface area contributed by atoms with E-state index in [-0.39, 0.29) is 5.97 Å². The van der Waals surface area contributed by atoms with Gasteiger partial charge in [-0.1, -0.05) is 27.7 Å². The Bertz CT molecular complexity index is 301. The van der Waals surface area contributed by atoms with Crippen LogP contribution in [0.1, 0.15) is 53.9 Å². The predicted octanol–water partition coefficient (Wildman–Crippen LogP) is 3.48. The van der Waals surface area contributed by atoms with E-state index in [4.69, 9.17) is 4.74 Å². The molecule has 0 spiro atoms. The van der Waals surface area contributed by atoms with Gasteiger partial charge in [0, 0.05) is 11.3 Å². The third kappa shape index (κ3) is 5.65. The normalized spacial score (nSPS) is 27.4. The predicted molar refractivity (Wildman–Crippen MR) is 87.1 cm³/mol. The molecule has 0 aromatic rings. The lowest BCUT2D eigenvalue weighted by Gasteiger charge is -2.41. The van der Waals surface area contributed by atoms with E-state index in [0.29, 0.717) is 29.1 Å². The van der Waals surface area contributed by atoms with Crippen molar-refractivity contribution in [2.24, 2.45) is 11.3 Å². The standard InChI is InChI=1S/C16H31NO2S/c1-6-17-13-9-8-12(16(3,4)5)10-14(13)20-11-15(18)19-7-2/h12-14,17H,6-11H2,1-5H3. The molecule has 1 aliphatic rings. The van der Waals surface area contributed by atoms with Gasteiger partial charge in [-0.3, -0.25) is 4.79 Å². The maximum Gasteiger partial charge on any atom is 0.315 e. The minimum absolute atomic E-state index is 0.0781. The van der Waals surface area contributed by atoms with Crippen molar-refractivity contribution in [2.45, 2.75) is 65.2 Å². The second-order valence-electron chi connectivity index (χ2n) is 6.69. The SMILES string of the molecule is CCNC1CCC(C(C)(C)C)CC1SCC(=O)OCC. The fourth-order valence-electron chi connectivity index (χ4n) is 2.97. The lowest BCUT2D eigenvalue weighted by Crippen LogP contribution is -2.45. The van der Waals surface area contributed by atoms with Crippen molar-refractivity contribution in [3.8, 4) is 0 Å². The number of nitrogens with one attached hydrogen (secondary N) is 1. The number of esters is 1. The second kappa shape index (κ2) is 8.28. The summed E-state index contributed by atoms with van der Waals surface area (Å²) in [6.45, 7) is 12.5. The summed E-state index contributed by atoms with van der Waals surface area (Å²) >= 11 is 1.78. The van der Waals surface area contributed by atoms with E-state index < -0.39 is 0 Å². The van der Waals surface area contributed by atoms with Crippen LogP contribution < -0.4 is 5.32 Å². The Morgan fingerprint density at radius 2 is 2.00 bits per heavy atom. The van der Waals surface area contributed by atoms with Crippen LogP contribution in [0, 0.1) is 11.3 Å². The lowest BCUT2D eigenvalue weighted by atomic mass is 9.71. The van der Waals surface area contributed by atoms with Crippen LogP contribution in [0.4, 0.5) is 0 Å². The fourth-order valence-corrected chi connectivity index (χ4v) is 4.24. The number of hydrogen-bond donors (Lipinski definition) is 1. The summed E-state index contributed by atoms with van der Waals surface area (Å²) in [5.74, 6) is 1.15. The zero-order valence-electron chi connectivity index (χ0n) is 13.7. The molecule has 0 radical (unpaired) electrons. The van der Waals surface area contributed by atoms with Gasteiger partial charge in [0.15, 0.2) is 0 Å². The molecule has 0 bridgehead atoms. The maximum atomic E-state index is 11.6. The van der Waals surface area contributed by atoms with Crippen LogP contribution in [0.25, 0.3) is 0 Å². The van der Waals surface area contributed by atoms with Gasteiger partial charge in [0.1, 0.15) is 0 Å². The molecule has 0 aromatic carbocycles. The third-order valence-electron chi connectivity index (χ3n) is 4.20. The van der Waals surface area contributed by atoms with E-state index in [0.717, 1.165) is 12.5 Å². The van der Waals surface area contributed by atoms with Crippen LogP contribution in [0.15, 0.2) is 0 Å². The number of rotatable bonds is 6. The van der Waals surface area contributed by atoms with Gasteiger partial charge in [0.2, 0.25) is 0 Å². The van der Waals surface area contributed by atoms with Crippen molar-refractivity contribution in [3.63, 3.8) is 0 Å². The van der Waals surface area contributed by atoms with Crippen molar-refractivity contribution in [2.75, 3.05) is 18.9 Å². The van der Waals surface area contributed by atoms with Crippen LogP contribution in [0.2, 0.25) is 0 Å². The Morgan fingerprint density at radius 3 is 2.55 bits per heavy atom. The molecule has 0 heterocycles. The molecule has 1 saturated carbocycles. The van der Waals surface area contributed by atoms with Gasteiger partial charge in [0.25, 0.3) is 0 Å². The van der Waals surface area contributed by atoms with Gasteiger partial charge in [-0.2, -0.15) is 0 Å². The van der Waals surface area contributed by atoms with Crippen LogP contribution in [-0.4, -0.2) is 36.2 Å². The first-order valence-electron chi connectivity index (χ1n) is 7.89. The summed E-state index contributed by atoms with van der Waals surface area (Å²) in [4.78, 5) is 11.6. The van der Waals surface area contributed by atoms with Crippen LogP contribution in [-0.2, 0) is 9.53 Å². The Hall–Kier alpha value is -0.220. The lowest BCUT2D eigenvalue weighted by molar-refractivity contribution is -0.139. The van der Waals surface area contributed by atoms with E-state index in [1.54, 1.807) is 11.8 Å². The van der Waals surface area contributed by atoms with Crippen LogP contribution in [0.3, 0.4) is 0 Å². The van der Waals surface area contributed by atoms with E-state index in [2.05, 4.69) is 33.0 Å². The van der Waals surface area contributed by atoms with Gasteiger partial charge in [-0.15, -0.1) is 11.8 Å². The first-order chi connectivity index (χ1) is 9.38. The van der Waals surface area contributed by atoms with Gasteiger partial charge in [-0.25, -0.2) is 0 Å². The molecule has 0 aromatic heterocycles. The van der Waals surface area contributed by atoms with E-state index in [1.165, 1.54) is 19.3 Å². The summed E-state index contributed by atoms with van der Waals surface area (Å²) in [5, 5.41) is 4.11. The molecule has 3 nitrogen and oxygen atoms in total. The van der Waals surface area contributed by atoms with Crippen molar-refractivity contribution in [1.82, 2.24) is 5.32 Å². The zero-order valence-corrected chi connectivity index (χ0v) is 14.5. The topological polar surface area (TPSA) is 38.3 Å². The highest BCUT2D eigenvalue weighted by Crippen LogP contribution is 2.41. The Labute approximate surface area is 128 Å². The number of carbonyl (C=O) groups is 1. The number of hydrogen-bond acceptors (Lipinski definition) is 4. The Balaban J connectivity index is 2.57. The van der Waals surface area contributed by atoms with Crippen molar-refractivity contribution in [1.29, 1.82) is 0 Å². The molecule has 0 amide bonds. The molecule has 1 fully saturated rings. The zero-order chi connectivity index (χ0) is 15.2. The highest BCUT2D eigenvalue weighted by atomic mass is 32.2. The van der Waals surface area contributed by atoms with Crippen molar-refractivity contribution < 1.29 is 9.53 Å². The molecule has 0 aliphatic heterocycles. The maximum absolute atomic E-state index is 11.6. The average molecular weight is 301 g/mol. The van der Waals surface area contributed by atoms with Gasteiger partial charge in [0.05, 0.1) is 12.4 Å². The van der Waals surface area contributed by atoms with Gasteiger partial charge in [-0.05, 0) is 44.1 Å². The number of thioether (sulfide) groups is 1. The molecule has 3 atom stereocenters. The summed E-state index contributed by atoms with van der Waals surface area (Å²) < 4.78 is 5.04. The monoisotopic (exact) mass is 301 g/mol. The smallest absolute Gasteiger partial charge is 0.315 e. The molecule has 118 valence electrons. The molecule has 4 heteroatoms. The van der Waals surface area contributed by atoms with Crippen LogP contribution in [0.5, 0.6) is 0 Å². The highest BCUT2D eigenvalue weighted by molar-refractivity contribution is 8.00. The van der Waals surface area contributed by atoms with Gasteiger partial charge < -0.3 is 10.1 Å². The van der Waals surface area contributed by atoms with Crippen molar-refractivity contribution >= 4 is 17.7 Å². The quantitative estimate of drug-likeness (QED) is 0.762. The first kappa shape index (κ1) is 17.8. The molecule has 1 N–H and O–H groups in total. The number of carbonyl (C=O) groups excluding carboxylic acids is 1. The number of ether oxygens (including phenoxy) is 1. The molecule has 20 heavy (non-hydrogen) atoms.